The first kappa shape index (κ1) is 13.8. The summed E-state index contributed by atoms with van der Waals surface area (Å²) in [6.07, 6.45) is 0. The third-order valence-electron chi connectivity index (χ3n) is 2.76. The van der Waals surface area contributed by atoms with Gasteiger partial charge in [-0.2, -0.15) is 5.26 Å². The van der Waals surface area contributed by atoms with Crippen molar-refractivity contribution in [3.05, 3.63) is 53.6 Å². The fourth-order valence-corrected chi connectivity index (χ4v) is 1.80. The second-order valence-electron chi connectivity index (χ2n) is 4.23. The Kier molecular flexibility index (Phi) is 4.46. The van der Waals surface area contributed by atoms with Crippen LogP contribution in [0.4, 0.5) is 5.69 Å². The summed E-state index contributed by atoms with van der Waals surface area (Å²) in [7, 11) is 0. The third kappa shape index (κ3) is 3.42. The second-order valence-corrected chi connectivity index (χ2v) is 4.23. The van der Waals surface area contributed by atoms with Crippen molar-refractivity contribution in [2.75, 3.05) is 12.3 Å². The first-order valence-corrected chi connectivity index (χ1v) is 6.37. The SMILES string of the molecule is CCOc1ccc(N)cc1COc1ccc(C#N)cc1. The lowest BCUT2D eigenvalue weighted by Gasteiger charge is -2.12. The molecule has 0 unspecified atom stereocenters. The van der Waals surface area contributed by atoms with Gasteiger partial charge in [0.2, 0.25) is 0 Å². The second kappa shape index (κ2) is 6.48. The minimum atomic E-state index is 0.367. The van der Waals surface area contributed by atoms with E-state index in [4.69, 9.17) is 20.5 Å². The van der Waals surface area contributed by atoms with Crippen LogP contribution in [0.5, 0.6) is 11.5 Å². The number of benzene rings is 2. The number of nitrogen functional groups attached to an aromatic ring is 1. The smallest absolute Gasteiger partial charge is 0.126 e. The number of ether oxygens (including phenoxy) is 2. The molecule has 0 saturated heterocycles. The Hall–Kier alpha value is -2.67. The van der Waals surface area contributed by atoms with Gasteiger partial charge in [0.15, 0.2) is 0 Å². The van der Waals surface area contributed by atoms with Gasteiger partial charge < -0.3 is 15.2 Å². The number of hydrogen-bond donors (Lipinski definition) is 1. The fourth-order valence-electron chi connectivity index (χ4n) is 1.80. The molecule has 0 amide bonds. The summed E-state index contributed by atoms with van der Waals surface area (Å²) in [5.74, 6) is 1.48. The zero-order chi connectivity index (χ0) is 14.4. The highest BCUT2D eigenvalue weighted by molar-refractivity contribution is 5.48. The predicted octanol–water partition coefficient (Wildman–Crippen LogP) is 3.12. The average molecular weight is 268 g/mol. The summed E-state index contributed by atoms with van der Waals surface area (Å²) in [6, 6.07) is 14.5. The summed E-state index contributed by atoms with van der Waals surface area (Å²) in [4.78, 5) is 0. The van der Waals surface area contributed by atoms with Crippen molar-refractivity contribution < 1.29 is 9.47 Å². The Morgan fingerprint density at radius 1 is 1.10 bits per heavy atom. The molecule has 0 aromatic heterocycles. The van der Waals surface area contributed by atoms with Crippen molar-refractivity contribution in [3.8, 4) is 17.6 Å². The lowest BCUT2D eigenvalue weighted by molar-refractivity contribution is 0.286. The van der Waals surface area contributed by atoms with Crippen LogP contribution in [0.2, 0.25) is 0 Å². The molecule has 0 saturated carbocycles. The third-order valence-corrected chi connectivity index (χ3v) is 2.76. The van der Waals surface area contributed by atoms with Gasteiger partial charge in [-0.3, -0.25) is 0 Å². The van der Waals surface area contributed by atoms with Crippen LogP contribution in [0, 0.1) is 11.3 Å². The van der Waals surface area contributed by atoms with E-state index in [2.05, 4.69) is 6.07 Å². The Morgan fingerprint density at radius 2 is 1.85 bits per heavy atom. The van der Waals surface area contributed by atoms with Crippen LogP contribution in [-0.4, -0.2) is 6.61 Å². The normalized spacial score (nSPS) is 9.80. The van der Waals surface area contributed by atoms with Crippen molar-refractivity contribution in [2.45, 2.75) is 13.5 Å². The predicted molar refractivity (Wildman–Crippen MR) is 77.5 cm³/mol. The number of anilines is 1. The molecule has 0 fully saturated rings. The molecule has 0 aliphatic carbocycles. The van der Waals surface area contributed by atoms with Crippen LogP contribution >= 0.6 is 0 Å². The van der Waals surface area contributed by atoms with Crippen LogP contribution in [0.3, 0.4) is 0 Å². The van der Waals surface area contributed by atoms with Crippen molar-refractivity contribution >= 4 is 5.69 Å². The Morgan fingerprint density at radius 3 is 2.50 bits per heavy atom. The standard InChI is InChI=1S/C16H16N2O2/c1-2-19-16-8-5-14(18)9-13(16)11-20-15-6-3-12(10-17)4-7-15/h3-9H,2,11,18H2,1H3. The van der Waals surface area contributed by atoms with Crippen molar-refractivity contribution in [1.82, 2.24) is 0 Å². The summed E-state index contributed by atoms with van der Waals surface area (Å²) in [5, 5.41) is 8.74. The van der Waals surface area contributed by atoms with Gasteiger partial charge in [-0.05, 0) is 49.4 Å². The first-order valence-electron chi connectivity index (χ1n) is 6.37. The van der Waals surface area contributed by atoms with E-state index in [1.54, 1.807) is 30.3 Å². The number of rotatable bonds is 5. The van der Waals surface area contributed by atoms with Gasteiger partial charge in [0.25, 0.3) is 0 Å². The van der Waals surface area contributed by atoms with E-state index in [1.165, 1.54) is 0 Å². The van der Waals surface area contributed by atoms with Crippen molar-refractivity contribution in [1.29, 1.82) is 5.26 Å². The van der Waals surface area contributed by atoms with Gasteiger partial charge in [0, 0.05) is 11.3 Å². The lowest BCUT2D eigenvalue weighted by Crippen LogP contribution is -2.02. The summed E-state index contributed by atoms with van der Waals surface area (Å²) < 4.78 is 11.2. The van der Waals surface area contributed by atoms with E-state index in [0.29, 0.717) is 30.2 Å². The molecule has 0 bridgehead atoms. The monoisotopic (exact) mass is 268 g/mol. The Bertz CT molecular complexity index is 615. The van der Waals surface area contributed by atoms with Gasteiger partial charge in [-0.1, -0.05) is 0 Å². The Balaban J connectivity index is 2.09. The maximum Gasteiger partial charge on any atom is 0.126 e. The van der Waals surface area contributed by atoms with E-state index in [1.807, 2.05) is 19.1 Å². The lowest BCUT2D eigenvalue weighted by atomic mass is 10.2. The van der Waals surface area contributed by atoms with E-state index < -0.39 is 0 Å². The molecule has 2 N–H and O–H groups in total. The molecular weight excluding hydrogens is 252 g/mol. The van der Waals surface area contributed by atoms with Crippen LogP contribution in [0.1, 0.15) is 18.1 Å². The summed E-state index contributed by atoms with van der Waals surface area (Å²) in [6.45, 7) is 2.89. The highest BCUT2D eigenvalue weighted by Gasteiger charge is 2.05. The fraction of sp³-hybridized carbons (Fsp3) is 0.188. The molecule has 4 heteroatoms. The number of nitrogens with two attached hydrogens (primary N) is 1. The maximum absolute atomic E-state index is 8.74. The summed E-state index contributed by atoms with van der Waals surface area (Å²) >= 11 is 0. The highest BCUT2D eigenvalue weighted by Crippen LogP contribution is 2.23. The van der Waals surface area contributed by atoms with E-state index in [0.717, 1.165) is 11.3 Å². The van der Waals surface area contributed by atoms with Gasteiger partial charge in [0.1, 0.15) is 18.1 Å². The van der Waals surface area contributed by atoms with Crippen molar-refractivity contribution in [3.63, 3.8) is 0 Å². The first-order chi connectivity index (χ1) is 9.72. The molecule has 0 heterocycles. The molecule has 0 aliphatic rings. The molecule has 20 heavy (non-hydrogen) atoms. The summed E-state index contributed by atoms with van der Waals surface area (Å²) in [5.41, 5.74) is 7.96. The molecule has 0 spiro atoms. The molecule has 0 aliphatic heterocycles. The van der Waals surface area contributed by atoms with Gasteiger partial charge >= 0.3 is 0 Å². The quantitative estimate of drug-likeness (QED) is 0.846. The topological polar surface area (TPSA) is 68.3 Å². The van der Waals surface area contributed by atoms with Crippen LogP contribution < -0.4 is 15.2 Å². The van der Waals surface area contributed by atoms with E-state index in [9.17, 15) is 0 Å². The molecule has 2 rings (SSSR count). The minimum Gasteiger partial charge on any atom is -0.493 e. The molecule has 0 radical (unpaired) electrons. The zero-order valence-corrected chi connectivity index (χ0v) is 11.3. The van der Waals surface area contributed by atoms with Crippen LogP contribution in [0.25, 0.3) is 0 Å². The number of hydrogen-bond acceptors (Lipinski definition) is 4. The molecule has 2 aromatic carbocycles. The number of nitrogens with zero attached hydrogens (tertiary/aromatic N) is 1. The molecule has 4 nitrogen and oxygen atoms in total. The van der Waals surface area contributed by atoms with Gasteiger partial charge in [0.05, 0.1) is 18.2 Å². The largest absolute Gasteiger partial charge is 0.493 e. The average Bonchev–Trinajstić information content (AvgIpc) is 2.48. The van der Waals surface area contributed by atoms with Gasteiger partial charge in [-0.15, -0.1) is 0 Å². The van der Waals surface area contributed by atoms with Crippen LogP contribution in [0.15, 0.2) is 42.5 Å². The molecule has 102 valence electrons. The van der Waals surface area contributed by atoms with E-state index in [-0.39, 0.29) is 0 Å². The van der Waals surface area contributed by atoms with Crippen molar-refractivity contribution in [2.24, 2.45) is 0 Å². The number of nitriles is 1. The minimum absolute atomic E-state index is 0.367. The van der Waals surface area contributed by atoms with Crippen LogP contribution in [-0.2, 0) is 6.61 Å². The molecule has 0 atom stereocenters. The Labute approximate surface area is 118 Å². The van der Waals surface area contributed by atoms with Gasteiger partial charge in [-0.25, -0.2) is 0 Å². The van der Waals surface area contributed by atoms with E-state index >= 15 is 0 Å². The zero-order valence-electron chi connectivity index (χ0n) is 11.3. The molecular formula is C16H16N2O2. The maximum atomic E-state index is 8.74. The highest BCUT2D eigenvalue weighted by atomic mass is 16.5. The molecule has 2 aromatic rings.